The average molecular weight is 668 g/mol. The Balaban J connectivity index is 1.06. The van der Waals surface area contributed by atoms with Crippen LogP contribution in [0, 0.1) is 0 Å². The van der Waals surface area contributed by atoms with Crippen molar-refractivity contribution in [2.45, 2.75) is 0 Å². The number of hydrogen-bond donors (Lipinski definition) is 0. The van der Waals surface area contributed by atoms with E-state index in [9.17, 15) is 0 Å². The third kappa shape index (κ3) is 4.34. The van der Waals surface area contributed by atoms with Gasteiger partial charge >= 0.3 is 0 Å². The minimum absolute atomic E-state index is 0.843. The molecule has 11 aromatic rings. The van der Waals surface area contributed by atoms with Crippen molar-refractivity contribution in [3.8, 4) is 22.3 Å². The first-order valence-corrected chi connectivity index (χ1v) is 17.5. The maximum absolute atomic E-state index is 6.58. The molecule has 4 nitrogen and oxygen atoms in total. The fraction of sp³-hybridized carbons (Fsp3) is 0. The number of fused-ring (bicyclic) bond motifs is 9. The molecule has 11 rings (SSSR count). The molecule has 0 bridgehead atoms. The average Bonchev–Trinajstić information content (AvgIpc) is 3.90. The molecule has 8 aromatic carbocycles. The zero-order valence-corrected chi connectivity index (χ0v) is 27.9. The van der Waals surface area contributed by atoms with Crippen molar-refractivity contribution in [3.63, 3.8) is 0 Å². The maximum atomic E-state index is 6.58. The number of nitrogens with zero attached hydrogens (tertiary/aromatic N) is 1. The van der Waals surface area contributed by atoms with Crippen LogP contribution in [-0.4, -0.2) is 0 Å². The minimum atomic E-state index is 0.843. The molecular weight excluding hydrogens is 639 g/mol. The van der Waals surface area contributed by atoms with Crippen LogP contribution in [-0.2, 0) is 0 Å². The van der Waals surface area contributed by atoms with Gasteiger partial charge in [0.15, 0.2) is 5.58 Å². The van der Waals surface area contributed by atoms with Crippen molar-refractivity contribution in [1.82, 2.24) is 0 Å². The van der Waals surface area contributed by atoms with Gasteiger partial charge in [-0.2, -0.15) is 0 Å². The van der Waals surface area contributed by atoms with Gasteiger partial charge in [0, 0.05) is 54.8 Å². The summed E-state index contributed by atoms with van der Waals surface area (Å²) in [6, 6.07) is 61.2. The number of rotatable bonds is 5. The van der Waals surface area contributed by atoms with Crippen LogP contribution < -0.4 is 4.90 Å². The van der Waals surface area contributed by atoms with Crippen LogP contribution in [0.25, 0.3) is 88.1 Å². The zero-order chi connectivity index (χ0) is 34.2. The Bertz CT molecular complexity index is 2970. The minimum Gasteiger partial charge on any atom is -0.455 e. The summed E-state index contributed by atoms with van der Waals surface area (Å²) in [5.74, 6) is 0. The monoisotopic (exact) mass is 667 g/mol. The van der Waals surface area contributed by atoms with E-state index in [2.05, 4.69) is 144 Å². The van der Waals surface area contributed by atoms with Gasteiger partial charge in [-0.05, 0) is 59.7 Å². The van der Waals surface area contributed by atoms with Crippen LogP contribution in [0.1, 0.15) is 0 Å². The summed E-state index contributed by atoms with van der Waals surface area (Å²) in [6.45, 7) is 0. The van der Waals surface area contributed by atoms with E-state index in [1.165, 1.54) is 0 Å². The summed E-state index contributed by atoms with van der Waals surface area (Å²) in [7, 11) is 0. The standard InChI is InChI=1S/C48H29NO3/c1-4-19-43-36(10-1)39-15-7-13-34(46(39)50-43)30-22-26-32(27-23-30)49(42-18-9-17-41-38-12-3-6-21-45(38)52-48(41)42)33-28-24-31(25-29-33)35-14-8-16-40-37-11-2-5-20-44(37)51-47(35)40/h1-29H. The van der Waals surface area contributed by atoms with E-state index in [0.717, 1.165) is 105 Å². The fourth-order valence-electron chi connectivity index (χ4n) is 7.86. The molecule has 0 aliphatic rings. The molecule has 3 aromatic heterocycles. The lowest BCUT2D eigenvalue weighted by Gasteiger charge is -2.26. The molecule has 0 aliphatic carbocycles. The second-order valence-electron chi connectivity index (χ2n) is 13.2. The molecule has 3 heterocycles. The van der Waals surface area contributed by atoms with E-state index < -0.39 is 0 Å². The van der Waals surface area contributed by atoms with E-state index in [1.54, 1.807) is 0 Å². The highest BCUT2D eigenvalue weighted by Gasteiger charge is 2.21. The molecule has 0 N–H and O–H groups in total. The van der Waals surface area contributed by atoms with Crippen molar-refractivity contribution >= 4 is 82.9 Å². The lowest BCUT2D eigenvalue weighted by molar-refractivity contribution is 0.669. The summed E-state index contributed by atoms with van der Waals surface area (Å²) in [5, 5.41) is 6.67. The van der Waals surface area contributed by atoms with Gasteiger partial charge in [0.1, 0.15) is 27.9 Å². The summed E-state index contributed by atoms with van der Waals surface area (Å²) < 4.78 is 19.4. The van der Waals surface area contributed by atoms with E-state index >= 15 is 0 Å². The topological polar surface area (TPSA) is 42.7 Å². The Kier molecular flexibility index (Phi) is 6.22. The number of anilines is 3. The molecule has 0 atom stereocenters. The van der Waals surface area contributed by atoms with Gasteiger partial charge in [-0.3, -0.25) is 0 Å². The number of hydrogen-bond acceptors (Lipinski definition) is 4. The maximum Gasteiger partial charge on any atom is 0.159 e. The van der Waals surface area contributed by atoms with E-state index in [-0.39, 0.29) is 0 Å². The Hall–Kier alpha value is -7.04. The molecule has 0 aliphatic heterocycles. The molecule has 4 heteroatoms. The molecule has 0 saturated heterocycles. The van der Waals surface area contributed by atoms with Gasteiger partial charge in [0.05, 0.1) is 5.69 Å². The molecule has 0 saturated carbocycles. The third-order valence-corrected chi connectivity index (χ3v) is 10.3. The predicted molar refractivity (Wildman–Crippen MR) is 214 cm³/mol. The zero-order valence-electron chi connectivity index (χ0n) is 27.9. The number of benzene rings is 8. The van der Waals surface area contributed by atoms with Crippen LogP contribution in [0.15, 0.2) is 189 Å². The molecule has 0 amide bonds. The number of furan rings is 3. The van der Waals surface area contributed by atoms with Gasteiger partial charge in [-0.1, -0.05) is 127 Å². The normalized spacial score (nSPS) is 11.8. The second kappa shape index (κ2) is 11.2. The summed E-state index contributed by atoms with van der Waals surface area (Å²) >= 11 is 0. The van der Waals surface area contributed by atoms with E-state index in [1.807, 2.05) is 36.4 Å². The van der Waals surface area contributed by atoms with E-state index in [4.69, 9.17) is 13.3 Å². The van der Waals surface area contributed by atoms with Crippen LogP contribution >= 0.6 is 0 Å². The van der Waals surface area contributed by atoms with Crippen molar-refractivity contribution < 1.29 is 13.3 Å². The lowest BCUT2D eigenvalue weighted by atomic mass is 10.0. The predicted octanol–water partition coefficient (Wildman–Crippen LogP) is 14.2. The second-order valence-corrected chi connectivity index (χ2v) is 13.2. The molecule has 52 heavy (non-hydrogen) atoms. The summed E-state index contributed by atoms with van der Waals surface area (Å²) in [4.78, 5) is 2.28. The van der Waals surface area contributed by atoms with E-state index in [0.29, 0.717) is 0 Å². The molecular formula is C48H29NO3. The third-order valence-electron chi connectivity index (χ3n) is 10.3. The lowest BCUT2D eigenvalue weighted by Crippen LogP contribution is -2.10. The van der Waals surface area contributed by atoms with Crippen molar-refractivity contribution in [2.24, 2.45) is 0 Å². The molecule has 0 unspecified atom stereocenters. The highest BCUT2D eigenvalue weighted by atomic mass is 16.3. The van der Waals surface area contributed by atoms with Gasteiger partial charge in [0.25, 0.3) is 0 Å². The number of para-hydroxylation sites is 6. The van der Waals surface area contributed by atoms with Crippen LogP contribution in [0.4, 0.5) is 17.1 Å². The van der Waals surface area contributed by atoms with Crippen molar-refractivity contribution in [1.29, 1.82) is 0 Å². The van der Waals surface area contributed by atoms with Gasteiger partial charge in [0.2, 0.25) is 0 Å². The van der Waals surface area contributed by atoms with Gasteiger partial charge in [-0.15, -0.1) is 0 Å². The summed E-state index contributed by atoms with van der Waals surface area (Å²) in [5.41, 5.74) is 12.6. The van der Waals surface area contributed by atoms with Crippen molar-refractivity contribution in [2.75, 3.05) is 4.90 Å². The Morgan fingerprint density at radius 1 is 0.288 bits per heavy atom. The Morgan fingerprint density at radius 3 is 1.12 bits per heavy atom. The van der Waals surface area contributed by atoms with Crippen LogP contribution in [0.3, 0.4) is 0 Å². The fourth-order valence-corrected chi connectivity index (χ4v) is 7.86. The molecule has 0 radical (unpaired) electrons. The highest BCUT2D eigenvalue weighted by Crippen LogP contribution is 2.44. The van der Waals surface area contributed by atoms with Gasteiger partial charge < -0.3 is 18.2 Å². The van der Waals surface area contributed by atoms with Gasteiger partial charge in [-0.25, -0.2) is 0 Å². The Labute approximate surface area is 298 Å². The Morgan fingerprint density at radius 2 is 0.654 bits per heavy atom. The van der Waals surface area contributed by atoms with Crippen LogP contribution in [0.2, 0.25) is 0 Å². The van der Waals surface area contributed by atoms with Crippen molar-refractivity contribution in [3.05, 3.63) is 176 Å². The summed E-state index contributed by atoms with van der Waals surface area (Å²) in [6.07, 6.45) is 0. The smallest absolute Gasteiger partial charge is 0.159 e. The molecule has 244 valence electrons. The first kappa shape index (κ1) is 28.8. The van der Waals surface area contributed by atoms with Crippen LogP contribution in [0.5, 0.6) is 0 Å². The first-order chi connectivity index (χ1) is 25.8. The first-order valence-electron chi connectivity index (χ1n) is 17.5. The quantitative estimate of drug-likeness (QED) is 0.183. The SMILES string of the molecule is c1ccc2c(c1)oc1c(-c3ccc(N(c4ccc(-c5cccc6c5oc5ccccc56)cc4)c4cccc5c4oc4ccccc45)cc3)cccc12. The molecule has 0 spiro atoms. The highest BCUT2D eigenvalue weighted by molar-refractivity contribution is 6.12. The largest absolute Gasteiger partial charge is 0.455 e. The molecule has 0 fully saturated rings.